The summed E-state index contributed by atoms with van der Waals surface area (Å²) >= 11 is 0. The van der Waals surface area contributed by atoms with Gasteiger partial charge < -0.3 is 15.0 Å². The molecular weight excluding hydrogens is 344 g/mol. The lowest BCUT2D eigenvalue weighted by Crippen LogP contribution is -2.35. The first kappa shape index (κ1) is 19.4. The molecule has 138 valence electrons. The number of nitrogens with zero attached hydrogens (tertiary/aromatic N) is 1. The van der Waals surface area contributed by atoms with Crippen LogP contribution in [0.25, 0.3) is 0 Å². The highest BCUT2D eigenvalue weighted by Crippen LogP contribution is 2.18. The third kappa shape index (κ3) is 5.54. The van der Waals surface area contributed by atoms with E-state index in [4.69, 9.17) is 4.74 Å². The number of sulfone groups is 1. The number of carbonyl (C=O) groups excluding carboxylic acids is 2. The van der Waals surface area contributed by atoms with Crippen molar-refractivity contribution >= 4 is 27.4 Å². The molecule has 1 fully saturated rings. The Bertz CT molecular complexity index is 732. The summed E-state index contributed by atoms with van der Waals surface area (Å²) in [6.45, 7) is 2.43. The first-order chi connectivity index (χ1) is 11.8. The Morgan fingerprint density at radius 2 is 2.04 bits per heavy atom. The Labute approximate surface area is 148 Å². The summed E-state index contributed by atoms with van der Waals surface area (Å²) in [6, 6.07) is 6.65. The van der Waals surface area contributed by atoms with E-state index in [1.165, 1.54) is 0 Å². The van der Waals surface area contributed by atoms with Crippen molar-refractivity contribution in [2.45, 2.75) is 25.8 Å². The number of benzene rings is 1. The van der Waals surface area contributed by atoms with Crippen LogP contribution in [0.5, 0.6) is 0 Å². The van der Waals surface area contributed by atoms with Crippen molar-refractivity contribution < 1.29 is 22.7 Å². The summed E-state index contributed by atoms with van der Waals surface area (Å²) < 4.78 is 28.0. The van der Waals surface area contributed by atoms with Crippen molar-refractivity contribution in [3.8, 4) is 0 Å². The molecule has 0 spiro atoms. The van der Waals surface area contributed by atoms with E-state index in [0.717, 1.165) is 0 Å². The highest BCUT2D eigenvalue weighted by atomic mass is 32.2. The predicted molar refractivity (Wildman–Crippen MR) is 95.3 cm³/mol. The van der Waals surface area contributed by atoms with E-state index in [-0.39, 0.29) is 36.5 Å². The zero-order valence-corrected chi connectivity index (χ0v) is 15.3. The molecule has 0 radical (unpaired) electrons. The first-order valence-electron chi connectivity index (χ1n) is 8.29. The van der Waals surface area contributed by atoms with Crippen LogP contribution in [-0.2, 0) is 19.4 Å². The standard InChI is InChI=1S/C17H24N2O5S/c1-3-24-17(21)14-6-4-5-7-15(14)18-16(20)8-10-19(2)13-9-11-25(22,23)12-13/h4-7,13H,3,8-12H2,1-2H3,(H,18,20). The third-order valence-electron chi connectivity index (χ3n) is 4.22. The van der Waals surface area contributed by atoms with Crippen LogP contribution in [0.3, 0.4) is 0 Å². The number of rotatable bonds is 7. The smallest absolute Gasteiger partial charge is 0.340 e. The lowest BCUT2D eigenvalue weighted by molar-refractivity contribution is -0.116. The predicted octanol–water partition coefficient (Wildman–Crippen LogP) is 1.31. The molecule has 1 atom stereocenters. The maximum atomic E-state index is 12.2. The van der Waals surface area contributed by atoms with Gasteiger partial charge in [-0.2, -0.15) is 0 Å². The van der Waals surface area contributed by atoms with Crippen molar-refractivity contribution in [1.29, 1.82) is 0 Å². The number of hydrogen-bond acceptors (Lipinski definition) is 6. The second kappa shape index (κ2) is 8.44. The minimum absolute atomic E-state index is 0.0374. The Balaban J connectivity index is 1.89. The third-order valence-corrected chi connectivity index (χ3v) is 5.97. The molecule has 1 amide bonds. The van der Waals surface area contributed by atoms with E-state index in [1.807, 2.05) is 11.9 Å². The summed E-state index contributed by atoms with van der Waals surface area (Å²) in [5, 5.41) is 2.73. The molecule has 0 saturated carbocycles. The molecule has 25 heavy (non-hydrogen) atoms. The van der Waals surface area contributed by atoms with Crippen LogP contribution in [0, 0.1) is 0 Å². The van der Waals surface area contributed by atoms with Crippen LogP contribution < -0.4 is 5.32 Å². The van der Waals surface area contributed by atoms with E-state index in [2.05, 4.69) is 5.32 Å². The number of amides is 1. The van der Waals surface area contributed by atoms with Crippen molar-refractivity contribution in [3.05, 3.63) is 29.8 Å². The van der Waals surface area contributed by atoms with E-state index >= 15 is 0 Å². The molecule has 1 aliphatic heterocycles. The van der Waals surface area contributed by atoms with E-state index in [0.29, 0.717) is 24.2 Å². The molecule has 2 rings (SSSR count). The van der Waals surface area contributed by atoms with Gasteiger partial charge in [0, 0.05) is 19.0 Å². The van der Waals surface area contributed by atoms with Crippen LogP contribution >= 0.6 is 0 Å². The van der Waals surface area contributed by atoms with Gasteiger partial charge in [0.05, 0.1) is 29.4 Å². The summed E-state index contributed by atoms with van der Waals surface area (Å²) in [5.41, 5.74) is 0.727. The van der Waals surface area contributed by atoms with Gasteiger partial charge >= 0.3 is 5.97 Å². The summed E-state index contributed by atoms with van der Waals surface area (Å²) in [4.78, 5) is 26.0. The zero-order chi connectivity index (χ0) is 18.4. The molecule has 1 aliphatic rings. The quantitative estimate of drug-likeness (QED) is 0.730. The van der Waals surface area contributed by atoms with E-state index in [9.17, 15) is 18.0 Å². The minimum Gasteiger partial charge on any atom is -0.462 e. The zero-order valence-electron chi connectivity index (χ0n) is 14.5. The molecule has 1 heterocycles. The highest BCUT2D eigenvalue weighted by Gasteiger charge is 2.30. The second-order valence-electron chi connectivity index (χ2n) is 6.10. The normalized spacial score (nSPS) is 18.9. The number of ether oxygens (including phenoxy) is 1. The molecule has 8 heteroatoms. The maximum Gasteiger partial charge on any atom is 0.340 e. The maximum absolute atomic E-state index is 12.2. The van der Waals surface area contributed by atoms with Gasteiger partial charge in [0.1, 0.15) is 0 Å². The molecule has 1 unspecified atom stereocenters. The van der Waals surface area contributed by atoms with Gasteiger partial charge in [-0.15, -0.1) is 0 Å². The van der Waals surface area contributed by atoms with Gasteiger partial charge in [-0.3, -0.25) is 4.79 Å². The van der Waals surface area contributed by atoms with Crippen LogP contribution in [0.15, 0.2) is 24.3 Å². The number of nitrogens with one attached hydrogen (secondary N) is 1. The fraction of sp³-hybridized carbons (Fsp3) is 0.529. The molecule has 0 aliphatic carbocycles. The summed E-state index contributed by atoms with van der Waals surface area (Å²) in [5.74, 6) is -0.353. The highest BCUT2D eigenvalue weighted by molar-refractivity contribution is 7.91. The summed E-state index contributed by atoms with van der Waals surface area (Å²) in [7, 11) is -1.12. The minimum atomic E-state index is -2.94. The van der Waals surface area contributed by atoms with E-state index < -0.39 is 15.8 Å². The fourth-order valence-electron chi connectivity index (χ4n) is 2.78. The molecular formula is C17H24N2O5S. The van der Waals surface area contributed by atoms with Gasteiger partial charge in [-0.1, -0.05) is 12.1 Å². The lowest BCUT2D eigenvalue weighted by Gasteiger charge is -2.22. The molecule has 7 nitrogen and oxygen atoms in total. The average Bonchev–Trinajstić information content (AvgIpc) is 2.93. The first-order valence-corrected chi connectivity index (χ1v) is 10.1. The van der Waals surface area contributed by atoms with Gasteiger partial charge in [0.15, 0.2) is 9.84 Å². The van der Waals surface area contributed by atoms with Crippen LogP contribution in [-0.4, -0.2) is 62.9 Å². The average molecular weight is 368 g/mol. The number of hydrogen-bond donors (Lipinski definition) is 1. The van der Waals surface area contributed by atoms with Crippen LogP contribution in [0.4, 0.5) is 5.69 Å². The van der Waals surface area contributed by atoms with Crippen molar-refractivity contribution in [2.24, 2.45) is 0 Å². The van der Waals surface area contributed by atoms with E-state index in [1.54, 1.807) is 31.2 Å². The van der Waals surface area contributed by atoms with Crippen LogP contribution in [0.2, 0.25) is 0 Å². The largest absolute Gasteiger partial charge is 0.462 e. The molecule has 1 N–H and O–H groups in total. The van der Waals surface area contributed by atoms with Gasteiger partial charge in [0.2, 0.25) is 5.91 Å². The Hall–Kier alpha value is -1.93. The number of carbonyl (C=O) groups is 2. The van der Waals surface area contributed by atoms with Gasteiger partial charge in [-0.25, -0.2) is 13.2 Å². The Morgan fingerprint density at radius 3 is 2.68 bits per heavy atom. The fourth-order valence-corrected chi connectivity index (χ4v) is 4.58. The van der Waals surface area contributed by atoms with Crippen molar-refractivity contribution in [3.63, 3.8) is 0 Å². The summed E-state index contributed by atoms with van der Waals surface area (Å²) in [6.07, 6.45) is 0.816. The van der Waals surface area contributed by atoms with Gasteiger partial charge in [-0.05, 0) is 32.5 Å². The molecule has 1 aromatic carbocycles. The van der Waals surface area contributed by atoms with Crippen molar-refractivity contribution in [1.82, 2.24) is 4.90 Å². The lowest BCUT2D eigenvalue weighted by atomic mass is 10.1. The Morgan fingerprint density at radius 1 is 1.32 bits per heavy atom. The monoisotopic (exact) mass is 368 g/mol. The van der Waals surface area contributed by atoms with Crippen molar-refractivity contribution in [2.75, 3.05) is 37.0 Å². The number of esters is 1. The molecule has 0 bridgehead atoms. The topological polar surface area (TPSA) is 92.8 Å². The van der Waals surface area contributed by atoms with Crippen LogP contribution in [0.1, 0.15) is 30.1 Å². The van der Waals surface area contributed by atoms with Gasteiger partial charge in [0.25, 0.3) is 0 Å². The number of para-hydroxylation sites is 1. The molecule has 0 aromatic heterocycles. The number of anilines is 1. The molecule has 1 aromatic rings. The second-order valence-corrected chi connectivity index (χ2v) is 8.33. The molecule has 1 saturated heterocycles. The SMILES string of the molecule is CCOC(=O)c1ccccc1NC(=O)CCN(C)C1CCS(=O)(=O)C1. The Kier molecular flexibility index (Phi) is 6.55.